The Hall–Kier alpha value is -1.75. The topological polar surface area (TPSA) is 67.8 Å². The van der Waals surface area contributed by atoms with Crippen LogP contribution in [0.2, 0.25) is 0 Å². The lowest BCUT2D eigenvalue weighted by Crippen LogP contribution is -2.54. The highest BCUT2D eigenvalue weighted by atomic mass is 16.5. The van der Waals surface area contributed by atoms with E-state index in [0.29, 0.717) is 17.5 Å². The third-order valence-electron chi connectivity index (χ3n) is 3.16. The van der Waals surface area contributed by atoms with Gasteiger partial charge in [0.2, 0.25) is 0 Å². The van der Waals surface area contributed by atoms with Gasteiger partial charge in [-0.3, -0.25) is 10.1 Å². The fourth-order valence-electron chi connectivity index (χ4n) is 1.80. The molecule has 5 nitrogen and oxygen atoms in total. The molecule has 104 valence electrons. The van der Waals surface area contributed by atoms with Crippen molar-refractivity contribution in [2.45, 2.75) is 31.3 Å². The van der Waals surface area contributed by atoms with Gasteiger partial charge in [0.15, 0.2) is 11.5 Å². The quantitative estimate of drug-likeness (QED) is 0.785. The molecule has 0 bridgehead atoms. The van der Waals surface area contributed by atoms with Crippen LogP contribution in [-0.2, 0) is 4.79 Å². The first-order valence-corrected chi connectivity index (χ1v) is 6.32. The summed E-state index contributed by atoms with van der Waals surface area (Å²) in [5.74, 6) is 0.242. The predicted molar refractivity (Wildman–Crippen MR) is 70.7 cm³/mol. The van der Waals surface area contributed by atoms with Crippen LogP contribution in [0, 0.1) is 0 Å². The molecule has 1 saturated carbocycles. The Bertz CT molecular complexity index is 459. The van der Waals surface area contributed by atoms with E-state index in [0.717, 1.165) is 12.8 Å². The summed E-state index contributed by atoms with van der Waals surface area (Å²) in [6.45, 7) is 1.70. The van der Waals surface area contributed by atoms with Crippen molar-refractivity contribution in [3.63, 3.8) is 0 Å². The summed E-state index contributed by atoms with van der Waals surface area (Å²) >= 11 is 0. The normalized spacial score (nSPS) is 17.6. The Morgan fingerprint density at radius 1 is 1.42 bits per heavy atom. The van der Waals surface area contributed by atoms with Crippen LogP contribution in [0.5, 0.6) is 11.5 Å². The number of carbonyl (C=O) groups is 1. The van der Waals surface area contributed by atoms with Gasteiger partial charge in [-0.05, 0) is 31.9 Å². The molecular weight excluding hydrogens is 246 g/mol. The van der Waals surface area contributed by atoms with Gasteiger partial charge in [0.25, 0.3) is 0 Å². The summed E-state index contributed by atoms with van der Waals surface area (Å²) in [5.41, 5.74) is -1.08. The molecule has 2 N–H and O–H groups in total. The van der Waals surface area contributed by atoms with Gasteiger partial charge >= 0.3 is 5.97 Å². The third kappa shape index (κ3) is 3.38. The lowest BCUT2D eigenvalue weighted by Gasteiger charge is -2.26. The number of nitrogens with one attached hydrogen (secondary N) is 1. The molecule has 19 heavy (non-hydrogen) atoms. The van der Waals surface area contributed by atoms with Gasteiger partial charge in [-0.15, -0.1) is 0 Å². The van der Waals surface area contributed by atoms with Gasteiger partial charge in [0.1, 0.15) is 12.1 Å². The average molecular weight is 265 g/mol. The molecule has 1 aliphatic carbocycles. The van der Waals surface area contributed by atoms with E-state index in [4.69, 9.17) is 9.47 Å². The Morgan fingerprint density at radius 2 is 2.05 bits per heavy atom. The van der Waals surface area contributed by atoms with Crippen LogP contribution >= 0.6 is 0 Å². The fourth-order valence-corrected chi connectivity index (χ4v) is 1.80. The zero-order valence-corrected chi connectivity index (χ0v) is 11.2. The molecular formula is C14H19NO4. The number of rotatable bonds is 7. The van der Waals surface area contributed by atoms with Gasteiger partial charge in [-0.1, -0.05) is 12.1 Å². The molecule has 1 fully saturated rings. The van der Waals surface area contributed by atoms with Crippen LogP contribution in [0.4, 0.5) is 0 Å². The van der Waals surface area contributed by atoms with Crippen LogP contribution in [0.15, 0.2) is 24.3 Å². The summed E-state index contributed by atoms with van der Waals surface area (Å²) in [6.07, 6.45) is 2.05. The lowest BCUT2D eigenvalue weighted by atomic mass is 10.0. The highest BCUT2D eigenvalue weighted by molar-refractivity contribution is 5.78. The maximum atomic E-state index is 11.4. The van der Waals surface area contributed by atoms with E-state index in [9.17, 15) is 9.90 Å². The van der Waals surface area contributed by atoms with Gasteiger partial charge in [-0.25, -0.2) is 0 Å². The minimum absolute atomic E-state index is 0.0548. The first kappa shape index (κ1) is 13.7. The number of hydrogen-bond acceptors (Lipinski definition) is 4. The van der Waals surface area contributed by atoms with E-state index in [-0.39, 0.29) is 6.61 Å². The number of benzene rings is 1. The molecule has 0 amide bonds. The SMILES string of the molecule is COc1ccccc1OCC(C)(NC1CC1)C(=O)O. The number of aliphatic carboxylic acids is 1. The number of hydrogen-bond donors (Lipinski definition) is 2. The maximum Gasteiger partial charge on any atom is 0.327 e. The van der Waals surface area contributed by atoms with Crippen LogP contribution in [0.1, 0.15) is 19.8 Å². The molecule has 0 saturated heterocycles. The van der Waals surface area contributed by atoms with E-state index in [1.807, 2.05) is 12.1 Å². The molecule has 1 atom stereocenters. The average Bonchev–Trinajstić information content (AvgIpc) is 3.20. The molecule has 0 radical (unpaired) electrons. The minimum atomic E-state index is -1.08. The Labute approximate surface area is 112 Å². The summed E-state index contributed by atoms with van der Waals surface area (Å²) < 4.78 is 10.8. The fraction of sp³-hybridized carbons (Fsp3) is 0.500. The Morgan fingerprint density at radius 3 is 2.58 bits per heavy atom. The first-order chi connectivity index (χ1) is 9.05. The molecule has 5 heteroatoms. The van der Waals surface area contributed by atoms with Gasteiger partial charge in [0, 0.05) is 6.04 Å². The second-order valence-electron chi connectivity index (χ2n) is 5.00. The zero-order valence-electron chi connectivity index (χ0n) is 11.2. The molecule has 0 spiro atoms. The van der Waals surface area contributed by atoms with Gasteiger partial charge in [0.05, 0.1) is 7.11 Å². The van der Waals surface area contributed by atoms with Crippen molar-refractivity contribution < 1.29 is 19.4 Å². The van der Waals surface area contributed by atoms with Crippen LogP contribution in [0.3, 0.4) is 0 Å². The zero-order chi connectivity index (χ0) is 13.9. The number of ether oxygens (including phenoxy) is 2. The molecule has 0 aliphatic heterocycles. The van der Waals surface area contributed by atoms with Crippen LogP contribution in [-0.4, -0.2) is 36.4 Å². The summed E-state index contributed by atoms with van der Waals surface area (Å²) in [6, 6.07) is 7.50. The number of methoxy groups -OCH3 is 1. The molecule has 1 aromatic carbocycles. The monoisotopic (exact) mass is 265 g/mol. The number of para-hydroxylation sites is 2. The highest BCUT2D eigenvalue weighted by Gasteiger charge is 2.39. The maximum absolute atomic E-state index is 11.4. The second-order valence-corrected chi connectivity index (χ2v) is 5.00. The number of carboxylic acids is 1. The third-order valence-corrected chi connectivity index (χ3v) is 3.16. The van der Waals surface area contributed by atoms with Crippen molar-refractivity contribution in [1.82, 2.24) is 5.32 Å². The predicted octanol–water partition coefficient (Wildman–Crippen LogP) is 1.67. The number of carboxylic acid groups (broad SMARTS) is 1. The van der Waals surface area contributed by atoms with Crippen molar-refractivity contribution in [1.29, 1.82) is 0 Å². The summed E-state index contributed by atoms with van der Waals surface area (Å²) in [5, 5.41) is 12.4. The van der Waals surface area contributed by atoms with E-state index in [1.54, 1.807) is 26.2 Å². The van der Waals surface area contributed by atoms with Gasteiger partial charge in [-0.2, -0.15) is 0 Å². The van der Waals surface area contributed by atoms with E-state index >= 15 is 0 Å². The van der Waals surface area contributed by atoms with E-state index in [1.165, 1.54) is 0 Å². The lowest BCUT2D eigenvalue weighted by molar-refractivity contribution is -0.145. The first-order valence-electron chi connectivity index (χ1n) is 6.32. The van der Waals surface area contributed by atoms with Crippen molar-refractivity contribution in [2.24, 2.45) is 0 Å². The van der Waals surface area contributed by atoms with E-state index < -0.39 is 11.5 Å². The molecule has 2 rings (SSSR count). The molecule has 1 unspecified atom stereocenters. The largest absolute Gasteiger partial charge is 0.493 e. The molecule has 1 aromatic rings. The highest BCUT2D eigenvalue weighted by Crippen LogP contribution is 2.28. The van der Waals surface area contributed by atoms with Crippen LogP contribution in [0.25, 0.3) is 0 Å². The molecule has 1 aliphatic rings. The van der Waals surface area contributed by atoms with Crippen molar-refractivity contribution in [2.75, 3.05) is 13.7 Å². The molecule has 0 heterocycles. The van der Waals surface area contributed by atoms with Crippen molar-refractivity contribution >= 4 is 5.97 Å². The van der Waals surface area contributed by atoms with Gasteiger partial charge < -0.3 is 14.6 Å². The van der Waals surface area contributed by atoms with Crippen LogP contribution < -0.4 is 14.8 Å². The summed E-state index contributed by atoms with van der Waals surface area (Å²) in [7, 11) is 1.56. The Balaban J connectivity index is 2.03. The van der Waals surface area contributed by atoms with Crippen molar-refractivity contribution in [3.05, 3.63) is 24.3 Å². The second kappa shape index (κ2) is 5.48. The van der Waals surface area contributed by atoms with Crippen molar-refractivity contribution in [3.8, 4) is 11.5 Å². The minimum Gasteiger partial charge on any atom is -0.493 e. The van der Waals surface area contributed by atoms with E-state index in [2.05, 4.69) is 5.32 Å². The smallest absolute Gasteiger partial charge is 0.327 e. The standard InChI is InChI=1S/C14H19NO4/c1-14(13(16)17,15-10-7-8-10)9-19-12-6-4-3-5-11(12)18-2/h3-6,10,15H,7-9H2,1-2H3,(H,16,17). The summed E-state index contributed by atoms with van der Waals surface area (Å²) in [4.78, 5) is 11.4. The Kier molecular flexibility index (Phi) is 3.95. The molecule has 0 aromatic heterocycles.